The number of amides is 1. The van der Waals surface area contributed by atoms with Gasteiger partial charge in [-0.05, 0) is 34.7 Å². The summed E-state index contributed by atoms with van der Waals surface area (Å²) in [6.07, 6.45) is 0.378. The number of anilines is 1. The van der Waals surface area contributed by atoms with E-state index >= 15 is 0 Å². The number of ether oxygens (including phenoxy) is 1. The quantitative estimate of drug-likeness (QED) is 0.688. The number of hydrogen-bond acceptors (Lipinski definition) is 7. The molecule has 0 aliphatic heterocycles. The van der Waals surface area contributed by atoms with Gasteiger partial charge in [-0.2, -0.15) is 0 Å². The monoisotopic (exact) mass is 322 g/mol. The largest absolute Gasteiger partial charge is 0.492 e. The molecule has 22 heavy (non-hydrogen) atoms. The summed E-state index contributed by atoms with van der Waals surface area (Å²) in [5.41, 5.74) is 6.10. The smallest absolute Gasteiger partial charge is 0.225 e. The third kappa shape index (κ3) is 5.01. The molecule has 0 bridgehead atoms. The highest BCUT2D eigenvalue weighted by atomic mass is 32.2. The van der Waals surface area contributed by atoms with Crippen LogP contribution in [0.4, 0.5) is 5.69 Å². The minimum absolute atomic E-state index is 0.0572. The number of hydrogen-bond donors (Lipinski definition) is 2. The molecule has 0 fully saturated rings. The molecule has 0 saturated heterocycles. The van der Waals surface area contributed by atoms with E-state index in [1.54, 1.807) is 36.0 Å². The van der Waals surface area contributed by atoms with Crippen molar-refractivity contribution >= 4 is 23.4 Å². The van der Waals surface area contributed by atoms with Crippen LogP contribution in [0.5, 0.6) is 5.75 Å². The Bertz CT molecular complexity index is 601. The van der Waals surface area contributed by atoms with Gasteiger partial charge in [0.2, 0.25) is 11.1 Å². The number of benzene rings is 1. The lowest BCUT2D eigenvalue weighted by Gasteiger charge is -2.07. The van der Waals surface area contributed by atoms with E-state index < -0.39 is 0 Å². The van der Waals surface area contributed by atoms with Crippen LogP contribution in [-0.4, -0.2) is 45.0 Å². The lowest BCUT2D eigenvalue weighted by Crippen LogP contribution is -2.12. The normalized spacial score (nSPS) is 10.5. The first-order valence-electron chi connectivity index (χ1n) is 6.77. The second-order valence-corrected chi connectivity index (χ2v) is 5.46. The van der Waals surface area contributed by atoms with Gasteiger partial charge >= 0.3 is 0 Å². The molecule has 1 aromatic heterocycles. The van der Waals surface area contributed by atoms with Crippen LogP contribution in [0, 0.1) is 0 Å². The molecule has 0 spiro atoms. The number of carbonyl (C=O) groups excluding carboxylic acids is 1. The van der Waals surface area contributed by atoms with Crippen LogP contribution >= 0.6 is 11.8 Å². The summed E-state index contributed by atoms with van der Waals surface area (Å²) in [5.74, 6) is 1.28. The van der Waals surface area contributed by atoms with Crippen molar-refractivity contribution in [2.45, 2.75) is 11.6 Å². The number of nitrogens with zero attached hydrogens (tertiary/aromatic N) is 4. The zero-order valence-electron chi connectivity index (χ0n) is 12.2. The molecule has 0 aliphatic carbocycles. The summed E-state index contributed by atoms with van der Waals surface area (Å²) in [7, 11) is 1.76. The highest BCUT2D eigenvalue weighted by Gasteiger charge is 2.06. The Kier molecular flexibility index (Phi) is 6.16. The van der Waals surface area contributed by atoms with Crippen LogP contribution in [0.1, 0.15) is 6.42 Å². The van der Waals surface area contributed by atoms with Gasteiger partial charge in [-0.15, -0.1) is 5.10 Å². The highest BCUT2D eigenvalue weighted by Crippen LogP contribution is 2.17. The number of rotatable bonds is 8. The highest BCUT2D eigenvalue weighted by molar-refractivity contribution is 7.99. The average molecular weight is 322 g/mol. The lowest BCUT2D eigenvalue weighted by atomic mass is 10.3. The molecule has 0 saturated carbocycles. The number of thioether (sulfide) groups is 1. The fraction of sp³-hybridized carbons (Fsp3) is 0.385. The van der Waals surface area contributed by atoms with E-state index in [0.29, 0.717) is 30.5 Å². The Morgan fingerprint density at radius 1 is 1.41 bits per heavy atom. The molecule has 3 N–H and O–H groups in total. The molecule has 2 rings (SSSR count). The number of aryl methyl sites for hydroxylation is 1. The van der Waals surface area contributed by atoms with Crippen molar-refractivity contribution < 1.29 is 9.53 Å². The first-order valence-corrected chi connectivity index (χ1v) is 7.75. The number of carbonyl (C=O) groups is 1. The molecule has 0 aliphatic rings. The maximum Gasteiger partial charge on any atom is 0.225 e. The van der Waals surface area contributed by atoms with Crippen molar-refractivity contribution in [1.82, 2.24) is 20.2 Å². The number of tetrazole rings is 1. The molecule has 1 amide bonds. The Morgan fingerprint density at radius 3 is 2.82 bits per heavy atom. The van der Waals surface area contributed by atoms with E-state index in [1.807, 2.05) is 0 Å². The molecular weight excluding hydrogens is 304 g/mol. The Balaban J connectivity index is 1.73. The molecule has 0 radical (unpaired) electrons. The zero-order valence-corrected chi connectivity index (χ0v) is 13.0. The maximum atomic E-state index is 11.9. The van der Waals surface area contributed by atoms with Gasteiger partial charge in [0.05, 0.1) is 0 Å². The first kappa shape index (κ1) is 16.2. The van der Waals surface area contributed by atoms with Gasteiger partial charge in [0.1, 0.15) is 12.4 Å². The van der Waals surface area contributed by atoms with Gasteiger partial charge in [-0.25, -0.2) is 4.68 Å². The van der Waals surface area contributed by atoms with E-state index in [2.05, 4.69) is 20.8 Å². The van der Waals surface area contributed by atoms with Crippen molar-refractivity contribution in [2.24, 2.45) is 12.8 Å². The van der Waals surface area contributed by atoms with Crippen LogP contribution < -0.4 is 15.8 Å². The molecule has 118 valence electrons. The summed E-state index contributed by atoms with van der Waals surface area (Å²) in [5, 5.41) is 14.6. The molecule has 0 unspecified atom stereocenters. The minimum Gasteiger partial charge on any atom is -0.492 e. The number of nitrogens with one attached hydrogen (secondary N) is 1. The van der Waals surface area contributed by atoms with E-state index in [9.17, 15) is 4.79 Å². The van der Waals surface area contributed by atoms with Crippen LogP contribution in [0.3, 0.4) is 0 Å². The van der Waals surface area contributed by atoms with E-state index in [-0.39, 0.29) is 5.91 Å². The second kappa shape index (κ2) is 8.35. The fourth-order valence-corrected chi connectivity index (χ4v) is 2.40. The molecule has 0 atom stereocenters. The summed E-state index contributed by atoms with van der Waals surface area (Å²) in [4.78, 5) is 11.9. The average Bonchev–Trinajstić information content (AvgIpc) is 2.92. The number of aromatic nitrogens is 4. The van der Waals surface area contributed by atoms with Crippen molar-refractivity contribution in [3.05, 3.63) is 24.3 Å². The fourth-order valence-electron chi connectivity index (χ4n) is 1.61. The van der Waals surface area contributed by atoms with Crippen molar-refractivity contribution in [3.63, 3.8) is 0 Å². The zero-order chi connectivity index (χ0) is 15.8. The minimum atomic E-state index is -0.0572. The third-order valence-corrected chi connectivity index (χ3v) is 3.68. The Hall–Kier alpha value is -2.13. The van der Waals surface area contributed by atoms with Crippen LogP contribution in [0.15, 0.2) is 29.4 Å². The summed E-state index contributed by atoms with van der Waals surface area (Å²) in [6, 6.07) is 7.18. The van der Waals surface area contributed by atoms with Crippen LogP contribution in [0.25, 0.3) is 0 Å². The van der Waals surface area contributed by atoms with Gasteiger partial charge in [0.25, 0.3) is 0 Å². The SMILES string of the molecule is Cn1nnnc1SCCC(=O)Nc1ccc(OCCN)cc1. The molecule has 8 nitrogen and oxygen atoms in total. The number of nitrogens with two attached hydrogens (primary N) is 1. The van der Waals surface area contributed by atoms with E-state index in [0.717, 1.165) is 11.4 Å². The lowest BCUT2D eigenvalue weighted by molar-refractivity contribution is -0.115. The van der Waals surface area contributed by atoms with Crippen molar-refractivity contribution in [2.75, 3.05) is 24.2 Å². The van der Waals surface area contributed by atoms with E-state index in [1.165, 1.54) is 11.8 Å². The Morgan fingerprint density at radius 2 is 2.18 bits per heavy atom. The molecule has 2 aromatic rings. The summed E-state index contributed by atoms with van der Waals surface area (Å²) < 4.78 is 6.94. The van der Waals surface area contributed by atoms with Gasteiger partial charge in [0.15, 0.2) is 0 Å². The van der Waals surface area contributed by atoms with Crippen molar-refractivity contribution in [3.8, 4) is 5.75 Å². The predicted molar refractivity (Wildman–Crippen MR) is 83.8 cm³/mol. The summed E-state index contributed by atoms with van der Waals surface area (Å²) in [6.45, 7) is 0.941. The molecule has 1 aromatic carbocycles. The summed E-state index contributed by atoms with van der Waals surface area (Å²) >= 11 is 1.44. The molecule has 9 heteroatoms. The van der Waals surface area contributed by atoms with Crippen LogP contribution in [-0.2, 0) is 11.8 Å². The standard InChI is InChI=1S/C13H18N6O2S/c1-19-13(16-17-18-19)22-9-6-12(20)15-10-2-4-11(5-3-10)21-8-7-14/h2-5H,6-9,14H2,1H3,(H,15,20). The third-order valence-electron chi connectivity index (χ3n) is 2.67. The first-order chi connectivity index (χ1) is 10.7. The van der Waals surface area contributed by atoms with E-state index in [4.69, 9.17) is 10.5 Å². The van der Waals surface area contributed by atoms with Gasteiger partial charge in [-0.1, -0.05) is 11.8 Å². The van der Waals surface area contributed by atoms with Gasteiger partial charge in [0, 0.05) is 31.5 Å². The maximum absolute atomic E-state index is 11.9. The molecule has 1 heterocycles. The Labute approximate surface area is 132 Å². The van der Waals surface area contributed by atoms with Gasteiger partial charge < -0.3 is 15.8 Å². The topological polar surface area (TPSA) is 108 Å². The second-order valence-electron chi connectivity index (χ2n) is 4.39. The van der Waals surface area contributed by atoms with Crippen molar-refractivity contribution in [1.29, 1.82) is 0 Å². The van der Waals surface area contributed by atoms with Gasteiger partial charge in [-0.3, -0.25) is 4.79 Å². The molecular formula is C13H18N6O2S. The predicted octanol–water partition coefficient (Wildman–Crippen LogP) is 0.668. The van der Waals surface area contributed by atoms with Crippen LogP contribution in [0.2, 0.25) is 0 Å².